The molecule has 1 unspecified atom stereocenters. The number of carbonyl (C=O) groups excluding carboxylic acids is 4. The predicted octanol–water partition coefficient (Wildman–Crippen LogP) is 5.54. The molecule has 1 fully saturated rings. The molecule has 1 aliphatic heterocycles. The van der Waals surface area contributed by atoms with Gasteiger partial charge in [0.15, 0.2) is 23.7 Å². The van der Waals surface area contributed by atoms with E-state index < -0.39 is 52.9 Å². The minimum Gasteiger partial charge on any atom is -0.474 e. The largest absolute Gasteiger partial charge is 0.474 e. The van der Waals surface area contributed by atoms with Gasteiger partial charge in [-0.2, -0.15) is 0 Å². The molecule has 1 heterocycles. The topological polar surface area (TPSA) is 114 Å². The lowest BCUT2D eigenvalue weighted by atomic mass is 10.0. The molecule has 0 amide bonds. The summed E-state index contributed by atoms with van der Waals surface area (Å²) in [6, 6.07) is 12.0. The van der Waals surface area contributed by atoms with Crippen LogP contribution in [-0.4, -0.2) is 59.5 Å². The molecule has 2 aromatic carbocycles. The van der Waals surface area contributed by atoms with Gasteiger partial charge in [0.05, 0.1) is 9.72 Å². The molecular formula is C29H32Br2O9S. The number of aryl methyl sites for hydroxylation is 1. The third kappa shape index (κ3) is 9.47. The maximum Gasteiger partial charge on any atom is 0.303 e. The molecule has 41 heavy (non-hydrogen) atoms. The van der Waals surface area contributed by atoms with Gasteiger partial charge in [0.1, 0.15) is 12.4 Å². The molecule has 0 bridgehead atoms. The Morgan fingerprint density at radius 3 is 1.90 bits per heavy atom. The molecular weight excluding hydrogens is 684 g/mol. The van der Waals surface area contributed by atoms with Crippen molar-refractivity contribution >= 4 is 67.5 Å². The second kappa shape index (κ2) is 15.1. The van der Waals surface area contributed by atoms with Gasteiger partial charge in [-0.25, -0.2) is 0 Å². The van der Waals surface area contributed by atoms with E-state index in [0.717, 1.165) is 33.8 Å². The number of benzene rings is 2. The SMILES string of the molecule is CCc1ccc(Cc2cc(Br)cc(Br)c2OC2S[C@H](COC(C)=O)[C@@H](OC(C)=O)[C@H](OC(C)=O)[C@H]2OC(C)=O)cc1. The molecule has 0 spiro atoms. The Bertz CT molecular complexity index is 1270. The zero-order valence-corrected chi connectivity index (χ0v) is 27.3. The number of thioether (sulfide) groups is 1. The van der Waals surface area contributed by atoms with Crippen molar-refractivity contribution in [2.24, 2.45) is 0 Å². The number of rotatable bonds is 10. The van der Waals surface area contributed by atoms with E-state index in [1.165, 1.54) is 33.3 Å². The summed E-state index contributed by atoms with van der Waals surface area (Å²) in [7, 11) is 0. The van der Waals surface area contributed by atoms with E-state index in [2.05, 4.69) is 63.0 Å². The lowest BCUT2D eigenvalue weighted by Crippen LogP contribution is -2.59. The molecule has 3 rings (SSSR count). The van der Waals surface area contributed by atoms with Crippen LogP contribution in [0.2, 0.25) is 0 Å². The number of ether oxygens (including phenoxy) is 5. The Morgan fingerprint density at radius 2 is 1.34 bits per heavy atom. The minimum atomic E-state index is -1.23. The van der Waals surface area contributed by atoms with Crippen LogP contribution in [0, 0.1) is 0 Å². The van der Waals surface area contributed by atoms with Crippen molar-refractivity contribution in [2.45, 2.75) is 76.5 Å². The highest BCUT2D eigenvalue weighted by atomic mass is 79.9. The third-order valence-electron chi connectivity index (χ3n) is 6.09. The Kier molecular flexibility index (Phi) is 12.1. The van der Waals surface area contributed by atoms with Crippen LogP contribution in [0.3, 0.4) is 0 Å². The molecule has 1 saturated heterocycles. The summed E-state index contributed by atoms with van der Waals surface area (Å²) >= 11 is 8.30. The van der Waals surface area contributed by atoms with Crippen LogP contribution in [0.4, 0.5) is 0 Å². The second-order valence-corrected chi connectivity index (χ2v) is 12.5. The highest BCUT2D eigenvalue weighted by Gasteiger charge is 2.53. The lowest BCUT2D eigenvalue weighted by molar-refractivity contribution is -0.190. The van der Waals surface area contributed by atoms with Crippen LogP contribution in [0.1, 0.15) is 51.3 Å². The van der Waals surface area contributed by atoms with Gasteiger partial charge in [-0.05, 0) is 45.6 Å². The van der Waals surface area contributed by atoms with E-state index in [4.69, 9.17) is 23.7 Å². The van der Waals surface area contributed by atoms with Gasteiger partial charge in [-0.1, -0.05) is 47.1 Å². The fourth-order valence-electron chi connectivity index (χ4n) is 4.39. The average Bonchev–Trinajstić information content (AvgIpc) is 2.87. The van der Waals surface area contributed by atoms with Gasteiger partial charge in [0, 0.05) is 44.2 Å². The molecule has 0 aliphatic carbocycles. The van der Waals surface area contributed by atoms with E-state index in [0.29, 0.717) is 16.6 Å². The summed E-state index contributed by atoms with van der Waals surface area (Å²) in [4.78, 5) is 48.1. The molecule has 12 heteroatoms. The molecule has 1 aliphatic rings. The average molecular weight is 716 g/mol. The maximum atomic E-state index is 12.2. The quantitative estimate of drug-likeness (QED) is 0.229. The summed E-state index contributed by atoms with van der Waals surface area (Å²) in [6.45, 7) is 6.81. The van der Waals surface area contributed by atoms with Crippen LogP contribution in [0.5, 0.6) is 5.75 Å². The number of hydrogen-bond donors (Lipinski definition) is 0. The zero-order chi connectivity index (χ0) is 30.3. The van der Waals surface area contributed by atoms with Crippen molar-refractivity contribution in [3.8, 4) is 5.75 Å². The summed E-state index contributed by atoms with van der Waals surface area (Å²) in [5.74, 6) is -2.02. The molecule has 0 radical (unpaired) electrons. The summed E-state index contributed by atoms with van der Waals surface area (Å²) in [5.41, 5.74) is 2.18. The van der Waals surface area contributed by atoms with Gasteiger partial charge in [-0.15, -0.1) is 11.8 Å². The molecule has 5 atom stereocenters. The van der Waals surface area contributed by atoms with Crippen molar-refractivity contribution in [3.05, 3.63) is 62.0 Å². The summed E-state index contributed by atoms with van der Waals surface area (Å²) in [6.07, 6.45) is -2.01. The van der Waals surface area contributed by atoms with E-state index >= 15 is 0 Å². The van der Waals surface area contributed by atoms with Crippen molar-refractivity contribution in [1.82, 2.24) is 0 Å². The first-order valence-electron chi connectivity index (χ1n) is 12.9. The van der Waals surface area contributed by atoms with E-state index in [9.17, 15) is 19.2 Å². The number of carbonyl (C=O) groups is 4. The maximum absolute atomic E-state index is 12.2. The Morgan fingerprint density at radius 1 is 0.780 bits per heavy atom. The van der Waals surface area contributed by atoms with Crippen molar-refractivity contribution in [1.29, 1.82) is 0 Å². The van der Waals surface area contributed by atoms with Crippen molar-refractivity contribution in [2.75, 3.05) is 6.61 Å². The number of esters is 4. The fourth-order valence-corrected chi connectivity index (χ4v) is 7.17. The van der Waals surface area contributed by atoms with Crippen LogP contribution in [0.25, 0.3) is 0 Å². The smallest absolute Gasteiger partial charge is 0.303 e. The standard InChI is InChI=1S/C29H32Br2O9S/c1-6-19-7-9-20(10-8-19)11-21-12-22(30)13-23(31)25(21)40-29-28(39-18(5)35)27(38-17(4)34)26(37-16(3)33)24(41-29)14-36-15(2)32/h7-10,12-13,24,26-29H,6,11,14H2,1-5H3/t24-,26-,27+,28-,29?/m1/s1. The Hall–Kier alpha value is -2.57. The molecule has 222 valence electrons. The van der Waals surface area contributed by atoms with E-state index in [1.807, 2.05) is 12.1 Å². The normalized spacial score (nSPS) is 21.9. The van der Waals surface area contributed by atoms with Crippen LogP contribution in [0.15, 0.2) is 45.3 Å². The van der Waals surface area contributed by atoms with Gasteiger partial charge in [0.25, 0.3) is 0 Å². The monoisotopic (exact) mass is 714 g/mol. The summed E-state index contributed by atoms with van der Waals surface area (Å²) in [5, 5.41) is -0.705. The third-order valence-corrected chi connectivity index (χ3v) is 8.53. The first-order valence-corrected chi connectivity index (χ1v) is 15.4. The first-order chi connectivity index (χ1) is 19.4. The van der Waals surface area contributed by atoms with E-state index in [1.54, 1.807) is 0 Å². The Balaban J connectivity index is 2.06. The van der Waals surface area contributed by atoms with Gasteiger partial charge in [-0.3, -0.25) is 19.2 Å². The zero-order valence-electron chi connectivity index (χ0n) is 23.3. The van der Waals surface area contributed by atoms with Crippen molar-refractivity contribution < 1.29 is 42.9 Å². The van der Waals surface area contributed by atoms with Crippen molar-refractivity contribution in [3.63, 3.8) is 0 Å². The van der Waals surface area contributed by atoms with Gasteiger partial charge in [0.2, 0.25) is 0 Å². The highest BCUT2D eigenvalue weighted by Crippen LogP contribution is 2.42. The molecule has 2 aromatic rings. The van der Waals surface area contributed by atoms with Crippen LogP contribution >= 0.6 is 43.6 Å². The number of halogens is 2. The predicted molar refractivity (Wildman–Crippen MR) is 160 cm³/mol. The first kappa shape index (κ1) is 32.9. The van der Waals surface area contributed by atoms with Crippen LogP contribution in [-0.2, 0) is 51.0 Å². The minimum absolute atomic E-state index is 0.166. The lowest BCUT2D eigenvalue weighted by Gasteiger charge is -2.43. The highest BCUT2D eigenvalue weighted by molar-refractivity contribution is 9.11. The molecule has 0 N–H and O–H groups in total. The van der Waals surface area contributed by atoms with Gasteiger partial charge >= 0.3 is 23.9 Å². The van der Waals surface area contributed by atoms with Crippen LogP contribution < -0.4 is 4.74 Å². The molecule has 9 nitrogen and oxygen atoms in total. The summed E-state index contributed by atoms with van der Waals surface area (Å²) < 4.78 is 30.0. The van der Waals surface area contributed by atoms with E-state index in [-0.39, 0.29) is 6.61 Å². The Labute approximate surface area is 260 Å². The molecule has 0 saturated carbocycles. The number of hydrogen-bond acceptors (Lipinski definition) is 10. The molecule has 0 aromatic heterocycles. The fraction of sp³-hybridized carbons (Fsp3) is 0.448. The van der Waals surface area contributed by atoms with Gasteiger partial charge < -0.3 is 23.7 Å². The second-order valence-electron chi connectivity index (χ2n) is 9.41.